The molecule has 1 atom stereocenters. The minimum atomic E-state index is 0.399. The molecule has 1 heterocycles. The largest absolute Gasteiger partial charge is 0.309 e. The first kappa shape index (κ1) is 10.7. The summed E-state index contributed by atoms with van der Waals surface area (Å²) < 4.78 is 0. The molecule has 1 rings (SSSR count). The van der Waals surface area contributed by atoms with E-state index in [1.165, 1.54) is 26.1 Å². The molecule has 0 saturated heterocycles. The third-order valence-electron chi connectivity index (χ3n) is 2.45. The molecule has 0 amide bonds. The van der Waals surface area contributed by atoms with Gasteiger partial charge in [0.15, 0.2) is 0 Å². The van der Waals surface area contributed by atoms with Crippen LogP contribution in [-0.2, 0) is 0 Å². The summed E-state index contributed by atoms with van der Waals surface area (Å²) in [7, 11) is 4.25. The normalized spacial score (nSPS) is 24.2. The standard InChI is InChI=1S/C10H21N3/c1-10-11-6-4-8-13(10)9-5-7-12(2)3/h6,10H,4-5,7-9H2,1-3H3. The molecule has 0 saturated carbocycles. The summed E-state index contributed by atoms with van der Waals surface area (Å²) in [5.74, 6) is 0. The van der Waals surface area contributed by atoms with E-state index in [9.17, 15) is 0 Å². The summed E-state index contributed by atoms with van der Waals surface area (Å²) in [4.78, 5) is 9.08. The Morgan fingerprint density at radius 3 is 2.92 bits per heavy atom. The summed E-state index contributed by atoms with van der Waals surface area (Å²) in [5.41, 5.74) is 0. The Hall–Kier alpha value is -0.410. The second kappa shape index (κ2) is 5.35. The van der Waals surface area contributed by atoms with E-state index in [2.05, 4.69) is 35.8 Å². The maximum atomic E-state index is 4.40. The number of nitrogens with zero attached hydrogens (tertiary/aromatic N) is 3. The molecular formula is C10H21N3. The third-order valence-corrected chi connectivity index (χ3v) is 2.45. The highest BCUT2D eigenvalue weighted by Crippen LogP contribution is 2.06. The summed E-state index contributed by atoms with van der Waals surface area (Å²) >= 11 is 0. The molecular weight excluding hydrogens is 162 g/mol. The lowest BCUT2D eigenvalue weighted by Gasteiger charge is -2.29. The zero-order valence-corrected chi connectivity index (χ0v) is 9.03. The fourth-order valence-corrected chi connectivity index (χ4v) is 1.62. The zero-order valence-electron chi connectivity index (χ0n) is 9.03. The second-order valence-electron chi connectivity index (χ2n) is 3.94. The predicted molar refractivity (Wildman–Crippen MR) is 57.3 cm³/mol. The molecule has 0 N–H and O–H groups in total. The van der Waals surface area contributed by atoms with Crippen LogP contribution in [0.4, 0.5) is 0 Å². The summed E-state index contributed by atoms with van der Waals surface area (Å²) in [6, 6.07) is 0. The highest BCUT2D eigenvalue weighted by molar-refractivity contribution is 5.58. The van der Waals surface area contributed by atoms with Crippen molar-refractivity contribution >= 4 is 6.21 Å². The van der Waals surface area contributed by atoms with Gasteiger partial charge in [-0.2, -0.15) is 0 Å². The Morgan fingerprint density at radius 2 is 2.31 bits per heavy atom. The van der Waals surface area contributed by atoms with Gasteiger partial charge in [-0.1, -0.05) is 0 Å². The van der Waals surface area contributed by atoms with Crippen LogP contribution in [0, 0.1) is 0 Å². The van der Waals surface area contributed by atoms with Crippen LogP contribution in [0.3, 0.4) is 0 Å². The van der Waals surface area contributed by atoms with Crippen molar-refractivity contribution in [3.05, 3.63) is 0 Å². The number of hydrogen-bond acceptors (Lipinski definition) is 3. The van der Waals surface area contributed by atoms with Crippen LogP contribution in [0.5, 0.6) is 0 Å². The van der Waals surface area contributed by atoms with Gasteiger partial charge in [-0.3, -0.25) is 9.89 Å². The minimum Gasteiger partial charge on any atom is -0.309 e. The molecule has 0 fully saturated rings. The van der Waals surface area contributed by atoms with Crippen molar-refractivity contribution in [2.24, 2.45) is 4.99 Å². The first-order chi connectivity index (χ1) is 6.20. The van der Waals surface area contributed by atoms with Gasteiger partial charge in [0.05, 0.1) is 6.17 Å². The van der Waals surface area contributed by atoms with Gasteiger partial charge in [0, 0.05) is 19.3 Å². The second-order valence-corrected chi connectivity index (χ2v) is 3.94. The summed E-state index contributed by atoms with van der Waals surface area (Å²) in [5, 5.41) is 0. The smallest absolute Gasteiger partial charge is 0.0986 e. The Kier molecular flexibility index (Phi) is 4.39. The SMILES string of the molecule is CC1N=CCCN1CCCN(C)C. The monoisotopic (exact) mass is 183 g/mol. The third kappa shape index (κ3) is 3.87. The minimum absolute atomic E-state index is 0.399. The molecule has 1 aliphatic heterocycles. The maximum absolute atomic E-state index is 4.40. The van der Waals surface area contributed by atoms with E-state index in [-0.39, 0.29) is 0 Å². The molecule has 3 heteroatoms. The Labute approximate surface area is 81.4 Å². The van der Waals surface area contributed by atoms with Gasteiger partial charge in [0.2, 0.25) is 0 Å². The Bertz CT molecular complexity index is 166. The fraction of sp³-hybridized carbons (Fsp3) is 0.900. The Morgan fingerprint density at radius 1 is 1.54 bits per heavy atom. The summed E-state index contributed by atoms with van der Waals surface area (Å²) in [6.07, 6.45) is 4.81. The fourth-order valence-electron chi connectivity index (χ4n) is 1.62. The molecule has 0 bridgehead atoms. The molecule has 76 valence electrons. The van der Waals surface area contributed by atoms with E-state index in [0.29, 0.717) is 6.17 Å². The predicted octanol–water partition coefficient (Wildman–Crippen LogP) is 1.06. The van der Waals surface area contributed by atoms with Gasteiger partial charge in [0.25, 0.3) is 0 Å². The number of rotatable bonds is 4. The topological polar surface area (TPSA) is 18.8 Å². The van der Waals surface area contributed by atoms with E-state index in [1.54, 1.807) is 0 Å². The highest BCUT2D eigenvalue weighted by Gasteiger charge is 2.13. The average molecular weight is 183 g/mol. The molecule has 0 aromatic carbocycles. The van der Waals surface area contributed by atoms with Gasteiger partial charge >= 0.3 is 0 Å². The average Bonchev–Trinajstić information content (AvgIpc) is 2.08. The summed E-state index contributed by atoms with van der Waals surface area (Å²) in [6.45, 7) is 5.70. The van der Waals surface area contributed by atoms with Gasteiger partial charge in [-0.25, -0.2) is 0 Å². The molecule has 0 aliphatic carbocycles. The van der Waals surface area contributed by atoms with Crippen molar-refractivity contribution in [1.82, 2.24) is 9.80 Å². The van der Waals surface area contributed by atoms with Crippen LogP contribution < -0.4 is 0 Å². The van der Waals surface area contributed by atoms with Gasteiger partial charge in [-0.05, 0) is 40.4 Å². The van der Waals surface area contributed by atoms with Crippen LogP contribution in [0.25, 0.3) is 0 Å². The van der Waals surface area contributed by atoms with Crippen molar-refractivity contribution in [2.75, 3.05) is 33.7 Å². The van der Waals surface area contributed by atoms with E-state index in [0.717, 1.165) is 6.42 Å². The molecule has 0 aromatic rings. The van der Waals surface area contributed by atoms with Crippen LogP contribution in [0.1, 0.15) is 19.8 Å². The maximum Gasteiger partial charge on any atom is 0.0986 e. The molecule has 1 unspecified atom stereocenters. The lowest BCUT2D eigenvalue weighted by atomic mass is 10.2. The number of aliphatic imine (C=N–C) groups is 1. The van der Waals surface area contributed by atoms with E-state index < -0.39 is 0 Å². The molecule has 0 aromatic heterocycles. The van der Waals surface area contributed by atoms with Crippen molar-refractivity contribution in [3.63, 3.8) is 0 Å². The van der Waals surface area contributed by atoms with Crippen LogP contribution in [0.2, 0.25) is 0 Å². The molecule has 3 nitrogen and oxygen atoms in total. The lowest BCUT2D eigenvalue weighted by molar-refractivity contribution is 0.201. The van der Waals surface area contributed by atoms with Crippen LogP contribution >= 0.6 is 0 Å². The highest BCUT2D eigenvalue weighted by atomic mass is 15.2. The quantitative estimate of drug-likeness (QED) is 0.649. The zero-order chi connectivity index (χ0) is 9.68. The molecule has 13 heavy (non-hydrogen) atoms. The van der Waals surface area contributed by atoms with E-state index in [4.69, 9.17) is 0 Å². The first-order valence-electron chi connectivity index (χ1n) is 5.10. The molecule has 1 aliphatic rings. The van der Waals surface area contributed by atoms with Gasteiger partial charge in [-0.15, -0.1) is 0 Å². The molecule has 0 spiro atoms. The van der Waals surface area contributed by atoms with Gasteiger partial charge in [0.1, 0.15) is 0 Å². The van der Waals surface area contributed by atoms with Crippen LogP contribution in [-0.4, -0.2) is 55.9 Å². The molecule has 0 radical (unpaired) electrons. The lowest BCUT2D eigenvalue weighted by Crippen LogP contribution is -2.37. The first-order valence-corrected chi connectivity index (χ1v) is 5.10. The van der Waals surface area contributed by atoms with Crippen molar-refractivity contribution < 1.29 is 0 Å². The number of hydrogen-bond donors (Lipinski definition) is 0. The van der Waals surface area contributed by atoms with Crippen LogP contribution in [0.15, 0.2) is 4.99 Å². The van der Waals surface area contributed by atoms with E-state index in [1.807, 2.05) is 6.21 Å². The van der Waals surface area contributed by atoms with E-state index >= 15 is 0 Å². The van der Waals surface area contributed by atoms with Crippen molar-refractivity contribution in [1.29, 1.82) is 0 Å². The van der Waals surface area contributed by atoms with Crippen molar-refractivity contribution in [3.8, 4) is 0 Å². The van der Waals surface area contributed by atoms with Crippen molar-refractivity contribution in [2.45, 2.75) is 25.9 Å². The Balaban J connectivity index is 2.17. The van der Waals surface area contributed by atoms with Gasteiger partial charge < -0.3 is 4.90 Å².